The molecule has 4 nitrogen and oxygen atoms in total. The third-order valence-corrected chi connectivity index (χ3v) is 3.72. The molecule has 0 bridgehead atoms. The normalized spacial score (nSPS) is 10.1. The SMILES string of the molecule is C=CCN(C(=O)CCc1cc(OC)cc(OC)c1)c1ccccc1. The van der Waals surface area contributed by atoms with Crippen LogP contribution in [-0.4, -0.2) is 26.7 Å². The Morgan fingerprint density at radius 2 is 1.71 bits per heavy atom. The molecule has 0 heterocycles. The van der Waals surface area contributed by atoms with Crippen molar-refractivity contribution in [2.75, 3.05) is 25.7 Å². The van der Waals surface area contributed by atoms with Crippen molar-refractivity contribution in [2.24, 2.45) is 0 Å². The molecule has 0 aliphatic carbocycles. The minimum Gasteiger partial charge on any atom is -0.497 e. The summed E-state index contributed by atoms with van der Waals surface area (Å²) in [5.41, 5.74) is 1.89. The summed E-state index contributed by atoms with van der Waals surface area (Å²) in [6, 6.07) is 15.3. The second-order valence-corrected chi connectivity index (χ2v) is 5.35. The third-order valence-electron chi connectivity index (χ3n) is 3.72. The van der Waals surface area contributed by atoms with E-state index in [-0.39, 0.29) is 5.91 Å². The molecule has 24 heavy (non-hydrogen) atoms. The van der Waals surface area contributed by atoms with Gasteiger partial charge < -0.3 is 14.4 Å². The van der Waals surface area contributed by atoms with Gasteiger partial charge in [0, 0.05) is 24.7 Å². The first-order valence-corrected chi connectivity index (χ1v) is 7.86. The molecule has 0 unspecified atom stereocenters. The number of rotatable bonds is 8. The van der Waals surface area contributed by atoms with Gasteiger partial charge in [-0.2, -0.15) is 0 Å². The van der Waals surface area contributed by atoms with Crippen molar-refractivity contribution in [1.82, 2.24) is 0 Å². The van der Waals surface area contributed by atoms with Gasteiger partial charge in [0.1, 0.15) is 11.5 Å². The summed E-state index contributed by atoms with van der Waals surface area (Å²) in [6.45, 7) is 4.24. The number of hydrogen-bond acceptors (Lipinski definition) is 3. The van der Waals surface area contributed by atoms with Crippen molar-refractivity contribution >= 4 is 11.6 Å². The van der Waals surface area contributed by atoms with Gasteiger partial charge in [0.15, 0.2) is 0 Å². The Hall–Kier alpha value is -2.75. The van der Waals surface area contributed by atoms with Gasteiger partial charge in [-0.1, -0.05) is 24.3 Å². The van der Waals surface area contributed by atoms with Crippen LogP contribution in [-0.2, 0) is 11.2 Å². The van der Waals surface area contributed by atoms with Crippen molar-refractivity contribution in [3.8, 4) is 11.5 Å². The van der Waals surface area contributed by atoms with Crippen molar-refractivity contribution in [1.29, 1.82) is 0 Å². The molecule has 0 saturated carbocycles. The minimum absolute atomic E-state index is 0.0582. The fraction of sp³-hybridized carbons (Fsp3) is 0.250. The van der Waals surface area contributed by atoms with Gasteiger partial charge in [0.05, 0.1) is 14.2 Å². The molecule has 1 amide bonds. The van der Waals surface area contributed by atoms with Crippen molar-refractivity contribution in [3.63, 3.8) is 0 Å². The van der Waals surface area contributed by atoms with E-state index in [1.165, 1.54) is 0 Å². The summed E-state index contributed by atoms with van der Waals surface area (Å²) < 4.78 is 10.5. The molecule has 2 aromatic carbocycles. The first-order valence-electron chi connectivity index (χ1n) is 7.86. The van der Waals surface area contributed by atoms with Crippen LogP contribution >= 0.6 is 0 Å². The zero-order valence-electron chi connectivity index (χ0n) is 14.2. The maximum atomic E-state index is 12.6. The van der Waals surface area contributed by atoms with E-state index in [2.05, 4.69) is 6.58 Å². The second-order valence-electron chi connectivity index (χ2n) is 5.35. The molecule has 0 N–H and O–H groups in total. The largest absolute Gasteiger partial charge is 0.497 e. The molecular weight excluding hydrogens is 302 g/mol. The van der Waals surface area contributed by atoms with Crippen LogP contribution in [0.1, 0.15) is 12.0 Å². The highest BCUT2D eigenvalue weighted by molar-refractivity contribution is 5.93. The van der Waals surface area contributed by atoms with Crippen molar-refractivity contribution in [2.45, 2.75) is 12.8 Å². The molecule has 0 aliphatic heterocycles. The Morgan fingerprint density at radius 3 is 2.25 bits per heavy atom. The molecule has 0 saturated heterocycles. The summed E-state index contributed by atoms with van der Waals surface area (Å²) >= 11 is 0. The smallest absolute Gasteiger partial charge is 0.227 e. The lowest BCUT2D eigenvalue weighted by Gasteiger charge is -2.21. The highest BCUT2D eigenvalue weighted by Gasteiger charge is 2.14. The highest BCUT2D eigenvalue weighted by atomic mass is 16.5. The number of methoxy groups -OCH3 is 2. The maximum absolute atomic E-state index is 12.6. The van der Waals surface area contributed by atoms with Gasteiger partial charge in [-0.05, 0) is 36.2 Å². The van der Waals surface area contributed by atoms with Crippen LogP contribution in [0.2, 0.25) is 0 Å². The van der Waals surface area contributed by atoms with Gasteiger partial charge in [-0.25, -0.2) is 0 Å². The molecule has 2 rings (SSSR count). The summed E-state index contributed by atoms with van der Waals surface area (Å²) in [5.74, 6) is 1.51. The van der Waals surface area contributed by atoms with E-state index in [9.17, 15) is 4.79 Å². The van der Waals surface area contributed by atoms with E-state index < -0.39 is 0 Å². The number of amides is 1. The van der Waals surface area contributed by atoms with Crippen LogP contribution in [0.5, 0.6) is 11.5 Å². The highest BCUT2D eigenvalue weighted by Crippen LogP contribution is 2.24. The topological polar surface area (TPSA) is 38.8 Å². The lowest BCUT2D eigenvalue weighted by Crippen LogP contribution is -2.31. The van der Waals surface area contributed by atoms with Gasteiger partial charge >= 0.3 is 0 Å². The molecule has 0 fully saturated rings. The summed E-state index contributed by atoms with van der Waals surface area (Å²) in [5, 5.41) is 0. The fourth-order valence-electron chi connectivity index (χ4n) is 2.49. The number of nitrogens with zero attached hydrogens (tertiary/aromatic N) is 1. The van der Waals surface area contributed by atoms with Crippen LogP contribution in [0.3, 0.4) is 0 Å². The zero-order valence-corrected chi connectivity index (χ0v) is 14.2. The third kappa shape index (κ3) is 4.62. The number of carbonyl (C=O) groups is 1. The maximum Gasteiger partial charge on any atom is 0.227 e. The number of ether oxygens (including phenoxy) is 2. The number of carbonyl (C=O) groups excluding carboxylic acids is 1. The quantitative estimate of drug-likeness (QED) is 0.692. The van der Waals surface area contributed by atoms with E-state index in [0.717, 1.165) is 22.7 Å². The lowest BCUT2D eigenvalue weighted by atomic mass is 10.1. The Balaban J connectivity index is 2.09. The fourth-order valence-corrected chi connectivity index (χ4v) is 2.49. The summed E-state index contributed by atoms with van der Waals surface area (Å²) in [6.07, 6.45) is 2.76. The Bertz CT molecular complexity index is 660. The number of aryl methyl sites for hydroxylation is 1. The predicted octanol–water partition coefficient (Wildman–Crippen LogP) is 3.86. The number of hydrogen-bond donors (Lipinski definition) is 0. The molecular formula is C20H23NO3. The van der Waals surface area contributed by atoms with E-state index in [0.29, 0.717) is 19.4 Å². The Morgan fingerprint density at radius 1 is 1.08 bits per heavy atom. The van der Waals surface area contributed by atoms with E-state index in [1.807, 2.05) is 48.5 Å². The number of para-hydroxylation sites is 1. The first kappa shape index (κ1) is 17.6. The standard InChI is InChI=1S/C20H23NO3/c1-4-12-21(17-8-6-5-7-9-17)20(22)11-10-16-13-18(23-2)15-19(14-16)24-3/h4-9,13-15H,1,10-12H2,2-3H3. The molecule has 0 aliphatic rings. The van der Waals surface area contributed by atoms with Crippen molar-refractivity contribution < 1.29 is 14.3 Å². The zero-order chi connectivity index (χ0) is 17.4. The molecule has 0 radical (unpaired) electrons. The van der Waals surface area contributed by atoms with Crippen LogP contribution in [0, 0.1) is 0 Å². The lowest BCUT2D eigenvalue weighted by molar-refractivity contribution is -0.118. The van der Waals surface area contributed by atoms with Gasteiger partial charge in [-0.3, -0.25) is 4.79 Å². The molecule has 4 heteroatoms. The van der Waals surface area contributed by atoms with Gasteiger partial charge in [0.25, 0.3) is 0 Å². The first-order chi connectivity index (χ1) is 11.7. The van der Waals surface area contributed by atoms with E-state index >= 15 is 0 Å². The van der Waals surface area contributed by atoms with Crippen molar-refractivity contribution in [3.05, 3.63) is 66.7 Å². The minimum atomic E-state index is 0.0582. The molecule has 0 atom stereocenters. The molecule has 2 aromatic rings. The second kappa shape index (κ2) is 8.77. The summed E-state index contributed by atoms with van der Waals surface area (Å²) in [4.78, 5) is 14.4. The van der Waals surface area contributed by atoms with Crippen LogP contribution < -0.4 is 14.4 Å². The molecule has 0 spiro atoms. The number of anilines is 1. The van der Waals surface area contributed by atoms with E-state index in [4.69, 9.17) is 9.47 Å². The predicted molar refractivity (Wildman–Crippen MR) is 96.9 cm³/mol. The molecule has 126 valence electrons. The average molecular weight is 325 g/mol. The van der Waals surface area contributed by atoms with Crippen LogP contribution in [0.15, 0.2) is 61.2 Å². The Kier molecular flexibility index (Phi) is 6.43. The van der Waals surface area contributed by atoms with E-state index in [1.54, 1.807) is 25.2 Å². The van der Waals surface area contributed by atoms with Gasteiger partial charge in [-0.15, -0.1) is 6.58 Å². The Labute approximate surface area is 143 Å². The summed E-state index contributed by atoms with van der Waals surface area (Å²) in [7, 11) is 3.23. The number of benzene rings is 2. The molecule has 0 aromatic heterocycles. The van der Waals surface area contributed by atoms with Crippen LogP contribution in [0.4, 0.5) is 5.69 Å². The van der Waals surface area contributed by atoms with Gasteiger partial charge in [0.2, 0.25) is 5.91 Å². The monoisotopic (exact) mass is 325 g/mol. The van der Waals surface area contributed by atoms with Crippen LogP contribution in [0.25, 0.3) is 0 Å². The average Bonchev–Trinajstić information content (AvgIpc) is 2.64.